The number of rotatable bonds is 3. The van der Waals surface area contributed by atoms with E-state index in [1.54, 1.807) is 24.3 Å². The predicted octanol–water partition coefficient (Wildman–Crippen LogP) is 2.50. The molecule has 114 valence electrons. The summed E-state index contributed by atoms with van der Waals surface area (Å²) < 4.78 is 22.7. The third-order valence-corrected chi connectivity index (χ3v) is 3.73. The van der Waals surface area contributed by atoms with Gasteiger partial charge in [0.25, 0.3) is 0 Å². The van der Waals surface area contributed by atoms with Crippen LogP contribution in [-0.2, 0) is 18.9 Å². The third-order valence-electron chi connectivity index (χ3n) is 3.73. The third kappa shape index (κ3) is 2.95. The van der Waals surface area contributed by atoms with Gasteiger partial charge in [-0.25, -0.2) is 4.79 Å². The molecule has 0 saturated carbocycles. The van der Waals surface area contributed by atoms with Crippen LogP contribution in [-0.4, -0.2) is 36.4 Å². The number of carbonyl (C=O) groups is 1. The molecule has 5 heteroatoms. The molecular formula is C16H20O5. The van der Waals surface area contributed by atoms with E-state index < -0.39 is 17.7 Å². The lowest BCUT2D eigenvalue weighted by atomic mass is 10.0. The lowest BCUT2D eigenvalue weighted by Gasteiger charge is -2.23. The Morgan fingerprint density at radius 2 is 2.00 bits per heavy atom. The second-order valence-corrected chi connectivity index (χ2v) is 6.19. The molecule has 0 bridgehead atoms. The summed E-state index contributed by atoms with van der Waals surface area (Å²) in [6.45, 7) is 5.90. The van der Waals surface area contributed by atoms with Gasteiger partial charge in [-0.2, -0.15) is 0 Å². The Balaban J connectivity index is 1.54. The molecule has 0 amide bonds. The van der Waals surface area contributed by atoms with Gasteiger partial charge in [-0.15, -0.1) is 0 Å². The van der Waals surface area contributed by atoms with Gasteiger partial charge in [0, 0.05) is 6.42 Å². The molecule has 1 aromatic carbocycles. The van der Waals surface area contributed by atoms with Crippen molar-refractivity contribution in [1.29, 1.82) is 0 Å². The van der Waals surface area contributed by atoms with E-state index in [4.69, 9.17) is 18.9 Å². The highest BCUT2D eigenvalue weighted by atomic mass is 16.8. The Hall–Kier alpha value is -1.43. The molecule has 2 fully saturated rings. The second kappa shape index (κ2) is 5.09. The Kier molecular flexibility index (Phi) is 3.51. The Bertz CT molecular complexity index is 527. The zero-order valence-corrected chi connectivity index (χ0v) is 12.5. The number of benzene rings is 1. The van der Waals surface area contributed by atoms with E-state index in [1.807, 2.05) is 26.8 Å². The zero-order chi connectivity index (χ0) is 15.1. The molecule has 2 aliphatic heterocycles. The monoisotopic (exact) mass is 292 g/mol. The number of fused-ring (bicyclic) bond motifs is 1. The quantitative estimate of drug-likeness (QED) is 0.801. The van der Waals surface area contributed by atoms with Crippen molar-refractivity contribution in [1.82, 2.24) is 0 Å². The van der Waals surface area contributed by atoms with E-state index in [-0.39, 0.29) is 18.7 Å². The fraction of sp³-hybridized carbons (Fsp3) is 0.562. The first kappa shape index (κ1) is 14.5. The summed E-state index contributed by atoms with van der Waals surface area (Å²) in [7, 11) is 0. The van der Waals surface area contributed by atoms with Crippen molar-refractivity contribution in [2.24, 2.45) is 0 Å². The molecule has 3 atom stereocenters. The Morgan fingerprint density at radius 1 is 1.29 bits per heavy atom. The molecular weight excluding hydrogens is 272 g/mol. The summed E-state index contributed by atoms with van der Waals surface area (Å²) in [4.78, 5) is 11.9. The zero-order valence-electron chi connectivity index (χ0n) is 12.5. The molecule has 0 aliphatic carbocycles. The first-order valence-electron chi connectivity index (χ1n) is 7.14. The van der Waals surface area contributed by atoms with Gasteiger partial charge in [-0.1, -0.05) is 18.2 Å². The van der Waals surface area contributed by atoms with Crippen LogP contribution >= 0.6 is 0 Å². The van der Waals surface area contributed by atoms with Crippen molar-refractivity contribution >= 4 is 5.97 Å². The molecule has 1 aromatic rings. The van der Waals surface area contributed by atoms with Crippen molar-refractivity contribution in [2.45, 2.75) is 51.0 Å². The number of hydrogen-bond acceptors (Lipinski definition) is 5. The maximum absolute atomic E-state index is 11.9. The van der Waals surface area contributed by atoms with Crippen LogP contribution in [0.25, 0.3) is 0 Å². The van der Waals surface area contributed by atoms with Crippen molar-refractivity contribution in [3.05, 3.63) is 35.9 Å². The van der Waals surface area contributed by atoms with Gasteiger partial charge in [-0.05, 0) is 32.9 Å². The number of hydrogen-bond donors (Lipinski definition) is 0. The van der Waals surface area contributed by atoms with Crippen LogP contribution in [0.2, 0.25) is 0 Å². The SMILES string of the molecule is CC1(C)OC2O[C@H](COC(=O)c3ccccc3)C[C@@]2(C)O1. The normalized spacial score (nSPS) is 33.7. The summed E-state index contributed by atoms with van der Waals surface area (Å²) >= 11 is 0. The highest BCUT2D eigenvalue weighted by Gasteiger charge is 2.57. The van der Waals surface area contributed by atoms with Crippen molar-refractivity contribution in [3.8, 4) is 0 Å². The highest BCUT2D eigenvalue weighted by Crippen LogP contribution is 2.45. The van der Waals surface area contributed by atoms with E-state index in [1.165, 1.54) is 0 Å². The molecule has 0 aromatic heterocycles. The van der Waals surface area contributed by atoms with Crippen molar-refractivity contribution in [3.63, 3.8) is 0 Å². The van der Waals surface area contributed by atoms with Crippen LogP contribution in [0.5, 0.6) is 0 Å². The highest BCUT2D eigenvalue weighted by molar-refractivity contribution is 5.89. The molecule has 3 rings (SSSR count). The number of esters is 1. The molecule has 2 aliphatic rings. The smallest absolute Gasteiger partial charge is 0.338 e. The summed E-state index contributed by atoms with van der Waals surface area (Å²) in [5.74, 6) is -0.978. The van der Waals surface area contributed by atoms with E-state index in [9.17, 15) is 4.79 Å². The molecule has 1 unspecified atom stereocenters. The van der Waals surface area contributed by atoms with Gasteiger partial charge in [0.2, 0.25) is 0 Å². The first-order chi connectivity index (χ1) is 9.88. The fourth-order valence-corrected chi connectivity index (χ4v) is 2.93. The minimum absolute atomic E-state index is 0.201. The van der Waals surface area contributed by atoms with Gasteiger partial charge in [0.15, 0.2) is 12.1 Å². The van der Waals surface area contributed by atoms with Gasteiger partial charge in [-0.3, -0.25) is 0 Å². The number of carbonyl (C=O) groups excluding carboxylic acids is 1. The minimum atomic E-state index is -0.634. The summed E-state index contributed by atoms with van der Waals surface area (Å²) in [5, 5.41) is 0. The van der Waals surface area contributed by atoms with Crippen LogP contribution in [0.4, 0.5) is 0 Å². The predicted molar refractivity (Wildman–Crippen MR) is 74.7 cm³/mol. The Morgan fingerprint density at radius 3 is 2.67 bits per heavy atom. The van der Waals surface area contributed by atoms with E-state index in [0.29, 0.717) is 12.0 Å². The lowest BCUT2D eigenvalue weighted by molar-refractivity contribution is -0.209. The molecule has 0 N–H and O–H groups in total. The first-order valence-corrected chi connectivity index (χ1v) is 7.14. The largest absolute Gasteiger partial charge is 0.459 e. The van der Waals surface area contributed by atoms with Crippen LogP contribution in [0.1, 0.15) is 37.6 Å². The number of ether oxygens (including phenoxy) is 4. The van der Waals surface area contributed by atoms with Gasteiger partial charge < -0.3 is 18.9 Å². The van der Waals surface area contributed by atoms with Crippen LogP contribution in [0, 0.1) is 0 Å². The minimum Gasteiger partial charge on any atom is -0.459 e. The molecule has 0 spiro atoms. The molecule has 5 nitrogen and oxygen atoms in total. The second-order valence-electron chi connectivity index (χ2n) is 6.19. The molecule has 0 radical (unpaired) electrons. The van der Waals surface area contributed by atoms with Gasteiger partial charge in [0.05, 0.1) is 11.7 Å². The van der Waals surface area contributed by atoms with Crippen molar-refractivity contribution in [2.75, 3.05) is 6.61 Å². The topological polar surface area (TPSA) is 54.0 Å². The summed E-state index contributed by atoms with van der Waals surface area (Å²) in [6.07, 6.45) is 0.0279. The van der Waals surface area contributed by atoms with E-state index in [0.717, 1.165) is 0 Å². The van der Waals surface area contributed by atoms with E-state index >= 15 is 0 Å². The van der Waals surface area contributed by atoms with Crippen molar-refractivity contribution < 1.29 is 23.7 Å². The summed E-state index contributed by atoms with van der Waals surface area (Å²) in [6, 6.07) is 8.91. The molecule has 2 saturated heterocycles. The van der Waals surface area contributed by atoms with Gasteiger partial charge in [0.1, 0.15) is 12.2 Å². The summed E-state index contributed by atoms with van der Waals surface area (Å²) in [5.41, 5.74) is 0.0587. The fourth-order valence-electron chi connectivity index (χ4n) is 2.93. The molecule has 2 heterocycles. The van der Waals surface area contributed by atoms with Crippen LogP contribution in [0.3, 0.4) is 0 Å². The maximum atomic E-state index is 11.9. The average Bonchev–Trinajstić information content (AvgIpc) is 2.82. The standard InChI is InChI=1S/C16H20O5/c1-15(2)20-14-16(3,21-15)9-12(19-14)10-18-13(17)11-7-5-4-6-8-11/h4-8,12,14H,9-10H2,1-3H3/t12-,14?,16+/m0/s1. The van der Waals surface area contributed by atoms with Crippen LogP contribution in [0.15, 0.2) is 30.3 Å². The maximum Gasteiger partial charge on any atom is 0.338 e. The molecule has 21 heavy (non-hydrogen) atoms. The van der Waals surface area contributed by atoms with Crippen LogP contribution < -0.4 is 0 Å². The lowest BCUT2D eigenvalue weighted by Crippen LogP contribution is -2.32. The Labute approximate surface area is 124 Å². The van der Waals surface area contributed by atoms with Gasteiger partial charge >= 0.3 is 5.97 Å². The average molecular weight is 292 g/mol. The van der Waals surface area contributed by atoms with E-state index in [2.05, 4.69) is 0 Å².